The van der Waals surface area contributed by atoms with Crippen molar-refractivity contribution >= 4 is 23.1 Å². The van der Waals surface area contributed by atoms with Crippen molar-refractivity contribution in [2.75, 3.05) is 6.54 Å². The van der Waals surface area contributed by atoms with Crippen molar-refractivity contribution in [1.29, 1.82) is 0 Å². The minimum Gasteiger partial charge on any atom is -0.393 e. The smallest absolute Gasteiger partial charge is 0.251 e. The number of hydrogen-bond donors (Lipinski definition) is 2. The highest BCUT2D eigenvalue weighted by atomic mass is 32.1. The summed E-state index contributed by atoms with van der Waals surface area (Å²) in [5.41, 5.74) is 6.99. The van der Waals surface area contributed by atoms with E-state index < -0.39 is 0 Å². The second kappa shape index (κ2) is 5.46. The van der Waals surface area contributed by atoms with Gasteiger partial charge in [0, 0.05) is 18.5 Å². The van der Waals surface area contributed by atoms with Crippen molar-refractivity contribution in [2.24, 2.45) is 5.73 Å². The first-order chi connectivity index (χ1) is 7.11. The van der Waals surface area contributed by atoms with Gasteiger partial charge in [0.1, 0.15) is 0 Å². The summed E-state index contributed by atoms with van der Waals surface area (Å²) < 4.78 is 0. The maximum Gasteiger partial charge on any atom is 0.251 e. The third-order valence-corrected chi connectivity index (χ3v) is 2.25. The van der Waals surface area contributed by atoms with Gasteiger partial charge >= 0.3 is 0 Å². The molecule has 1 rings (SSSR count). The minimum absolute atomic E-state index is 0.0793. The number of nitrogens with two attached hydrogens (primary N) is 1. The summed E-state index contributed by atoms with van der Waals surface area (Å²) in [6.07, 6.45) is 0.535. The molecule has 0 aliphatic carbocycles. The molecule has 4 heteroatoms. The molecule has 15 heavy (non-hydrogen) atoms. The standard InChI is InChI=1S/C11H14N2OS/c1-8-4-2-3-5-9(8)11(14)13-7-6-10(12)15/h2-5H,6-7H2,1H3,(H2,12,15)(H,13,14). The monoisotopic (exact) mass is 222 g/mol. The average molecular weight is 222 g/mol. The van der Waals surface area contributed by atoms with E-state index in [0.29, 0.717) is 23.5 Å². The first kappa shape index (κ1) is 11.7. The van der Waals surface area contributed by atoms with Crippen LogP contribution in [0.3, 0.4) is 0 Å². The van der Waals surface area contributed by atoms with Crippen molar-refractivity contribution in [2.45, 2.75) is 13.3 Å². The Morgan fingerprint density at radius 2 is 2.13 bits per heavy atom. The van der Waals surface area contributed by atoms with Gasteiger partial charge in [-0.2, -0.15) is 0 Å². The molecule has 0 aromatic heterocycles. The van der Waals surface area contributed by atoms with Crippen LogP contribution in [0, 0.1) is 6.92 Å². The van der Waals surface area contributed by atoms with Gasteiger partial charge in [0.05, 0.1) is 4.99 Å². The van der Waals surface area contributed by atoms with Crippen LogP contribution < -0.4 is 11.1 Å². The fourth-order valence-corrected chi connectivity index (χ4v) is 1.32. The van der Waals surface area contributed by atoms with Gasteiger partial charge in [-0.05, 0) is 18.6 Å². The van der Waals surface area contributed by atoms with E-state index >= 15 is 0 Å². The first-order valence-electron chi connectivity index (χ1n) is 4.73. The second-order valence-electron chi connectivity index (χ2n) is 3.29. The van der Waals surface area contributed by atoms with Crippen LogP contribution >= 0.6 is 12.2 Å². The van der Waals surface area contributed by atoms with Crippen LogP contribution in [0.2, 0.25) is 0 Å². The molecule has 0 aliphatic heterocycles. The van der Waals surface area contributed by atoms with E-state index in [1.807, 2.05) is 25.1 Å². The molecule has 3 N–H and O–H groups in total. The largest absolute Gasteiger partial charge is 0.393 e. The SMILES string of the molecule is Cc1ccccc1C(=O)NCCC(N)=S. The summed E-state index contributed by atoms with van der Waals surface area (Å²) >= 11 is 4.72. The number of carbonyl (C=O) groups is 1. The van der Waals surface area contributed by atoms with Gasteiger partial charge in [-0.25, -0.2) is 0 Å². The normalized spacial score (nSPS) is 9.67. The summed E-state index contributed by atoms with van der Waals surface area (Å²) in [4.78, 5) is 12.1. The number of rotatable bonds is 4. The van der Waals surface area contributed by atoms with Gasteiger partial charge < -0.3 is 11.1 Å². The summed E-state index contributed by atoms with van der Waals surface area (Å²) in [5, 5.41) is 2.76. The summed E-state index contributed by atoms with van der Waals surface area (Å²) in [6.45, 7) is 2.39. The number of carbonyl (C=O) groups excluding carboxylic acids is 1. The summed E-state index contributed by atoms with van der Waals surface area (Å²) in [5.74, 6) is -0.0793. The number of nitrogens with one attached hydrogen (secondary N) is 1. The number of hydrogen-bond acceptors (Lipinski definition) is 2. The van der Waals surface area contributed by atoms with E-state index in [0.717, 1.165) is 5.56 Å². The molecule has 3 nitrogen and oxygen atoms in total. The van der Waals surface area contributed by atoms with E-state index in [9.17, 15) is 4.79 Å². The van der Waals surface area contributed by atoms with Gasteiger partial charge in [-0.3, -0.25) is 4.79 Å². The Morgan fingerprint density at radius 1 is 1.47 bits per heavy atom. The zero-order valence-electron chi connectivity index (χ0n) is 8.62. The molecule has 1 aromatic rings. The van der Waals surface area contributed by atoms with Crippen molar-refractivity contribution in [1.82, 2.24) is 5.32 Å². The molecule has 0 heterocycles. The van der Waals surface area contributed by atoms with Gasteiger partial charge in [-0.1, -0.05) is 30.4 Å². The number of amides is 1. The van der Waals surface area contributed by atoms with E-state index in [-0.39, 0.29) is 5.91 Å². The summed E-state index contributed by atoms with van der Waals surface area (Å²) in [7, 11) is 0. The highest BCUT2D eigenvalue weighted by Crippen LogP contribution is 2.06. The lowest BCUT2D eigenvalue weighted by Gasteiger charge is -2.06. The highest BCUT2D eigenvalue weighted by Gasteiger charge is 2.06. The van der Waals surface area contributed by atoms with Crippen LogP contribution in [0.5, 0.6) is 0 Å². The quantitative estimate of drug-likeness (QED) is 0.757. The van der Waals surface area contributed by atoms with Gasteiger partial charge in [0.25, 0.3) is 5.91 Å². The molecule has 0 spiro atoms. The molecule has 0 atom stereocenters. The number of thiocarbonyl (C=S) groups is 1. The predicted octanol–water partition coefficient (Wildman–Crippen LogP) is 1.40. The van der Waals surface area contributed by atoms with E-state index in [2.05, 4.69) is 5.32 Å². The molecule has 1 aromatic carbocycles. The van der Waals surface area contributed by atoms with Crippen LogP contribution in [0.15, 0.2) is 24.3 Å². The van der Waals surface area contributed by atoms with Crippen LogP contribution in [-0.2, 0) is 0 Å². The van der Waals surface area contributed by atoms with Crippen LogP contribution in [0.1, 0.15) is 22.3 Å². The lowest BCUT2D eigenvalue weighted by Crippen LogP contribution is -2.27. The molecule has 0 aliphatic rings. The van der Waals surface area contributed by atoms with E-state index in [4.69, 9.17) is 18.0 Å². The molecular formula is C11H14N2OS. The number of benzene rings is 1. The van der Waals surface area contributed by atoms with Gasteiger partial charge in [0.15, 0.2) is 0 Å². The topological polar surface area (TPSA) is 55.1 Å². The number of aryl methyl sites for hydroxylation is 1. The summed E-state index contributed by atoms with van der Waals surface area (Å²) in [6, 6.07) is 7.45. The maximum atomic E-state index is 11.7. The lowest BCUT2D eigenvalue weighted by atomic mass is 10.1. The lowest BCUT2D eigenvalue weighted by molar-refractivity contribution is 0.0954. The van der Waals surface area contributed by atoms with E-state index in [1.165, 1.54) is 0 Å². The maximum absolute atomic E-state index is 11.7. The predicted molar refractivity (Wildman–Crippen MR) is 64.9 cm³/mol. The molecular weight excluding hydrogens is 208 g/mol. The van der Waals surface area contributed by atoms with Crippen molar-refractivity contribution < 1.29 is 4.79 Å². The van der Waals surface area contributed by atoms with Gasteiger partial charge in [-0.15, -0.1) is 0 Å². The molecule has 0 unspecified atom stereocenters. The molecule has 0 bridgehead atoms. The van der Waals surface area contributed by atoms with E-state index in [1.54, 1.807) is 6.07 Å². The first-order valence-corrected chi connectivity index (χ1v) is 5.14. The van der Waals surface area contributed by atoms with Crippen LogP contribution in [0.4, 0.5) is 0 Å². The Labute approximate surface area is 94.7 Å². The Bertz CT molecular complexity index is 377. The Morgan fingerprint density at radius 3 is 2.73 bits per heavy atom. The molecule has 0 radical (unpaired) electrons. The fourth-order valence-electron chi connectivity index (χ4n) is 1.22. The fraction of sp³-hybridized carbons (Fsp3) is 0.273. The third kappa shape index (κ3) is 3.67. The Hall–Kier alpha value is -1.42. The minimum atomic E-state index is -0.0793. The second-order valence-corrected chi connectivity index (χ2v) is 3.81. The Balaban J connectivity index is 2.54. The Kier molecular flexibility index (Phi) is 4.24. The third-order valence-electron chi connectivity index (χ3n) is 2.05. The molecule has 80 valence electrons. The van der Waals surface area contributed by atoms with Gasteiger partial charge in [0.2, 0.25) is 0 Å². The van der Waals surface area contributed by atoms with Crippen molar-refractivity contribution in [3.05, 3.63) is 35.4 Å². The molecule has 1 amide bonds. The molecule has 0 fully saturated rings. The van der Waals surface area contributed by atoms with Crippen LogP contribution in [0.25, 0.3) is 0 Å². The average Bonchev–Trinajstić information content (AvgIpc) is 2.17. The van der Waals surface area contributed by atoms with Crippen molar-refractivity contribution in [3.8, 4) is 0 Å². The zero-order chi connectivity index (χ0) is 11.3. The van der Waals surface area contributed by atoms with Crippen LogP contribution in [-0.4, -0.2) is 17.4 Å². The zero-order valence-corrected chi connectivity index (χ0v) is 9.43. The highest BCUT2D eigenvalue weighted by molar-refractivity contribution is 7.80. The van der Waals surface area contributed by atoms with Crippen molar-refractivity contribution in [3.63, 3.8) is 0 Å². The molecule has 0 saturated carbocycles. The molecule has 0 saturated heterocycles.